The standard InChI is InChI=1S/C11H10BrN3OS/c12-8-3-1-2-4-9(8)15-10(16)5-7-6-17-11(13)14-7/h1-4,6H,5H2,(H2,13,14)(H,15,16). The molecule has 2 rings (SSSR count). The number of hydrogen-bond acceptors (Lipinski definition) is 4. The average Bonchev–Trinajstić information content (AvgIpc) is 2.67. The molecule has 0 spiro atoms. The first kappa shape index (κ1) is 12.1. The van der Waals surface area contributed by atoms with Crippen LogP contribution in [0.15, 0.2) is 34.1 Å². The van der Waals surface area contributed by atoms with Crippen LogP contribution in [0.5, 0.6) is 0 Å². The van der Waals surface area contributed by atoms with Gasteiger partial charge in [-0.1, -0.05) is 12.1 Å². The molecule has 0 unspecified atom stereocenters. The highest BCUT2D eigenvalue weighted by Crippen LogP contribution is 2.21. The van der Waals surface area contributed by atoms with Crippen LogP contribution in [-0.4, -0.2) is 10.9 Å². The Hall–Kier alpha value is -1.40. The van der Waals surface area contributed by atoms with Crippen molar-refractivity contribution in [1.82, 2.24) is 4.98 Å². The Kier molecular flexibility index (Phi) is 3.75. The SMILES string of the molecule is Nc1nc(CC(=O)Nc2ccccc2Br)cs1. The number of nitrogens with two attached hydrogens (primary N) is 1. The Morgan fingerprint density at radius 1 is 1.47 bits per heavy atom. The van der Waals surface area contributed by atoms with Crippen LogP contribution >= 0.6 is 27.3 Å². The Balaban J connectivity index is 2.01. The highest BCUT2D eigenvalue weighted by Gasteiger charge is 2.08. The van der Waals surface area contributed by atoms with Gasteiger partial charge in [-0.2, -0.15) is 0 Å². The van der Waals surface area contributed by atoms with Gasteiger partial charge in [-0.25, -0.2) is 4.98 Å². The Bertz CT molecular complexity index is 541. The summed E-state index contributed by atoms with van der Waals surface area (Å²) in [5, 5.41) is 5.07. The molecule has 0 aliphatic rings. The first-order valence-electron chi connectivity index (χ1n) is 4.89. The number of anilines is 2. The summed E-state index contributed by atoms with van der Waals surface area (Å²) in [6.45, 7) is 0. The van der Waals surface area contributed by atoms with E-state index < -0.39 is 0 Å². The number of aromatic nitrogens is 1. The lowest BCUT2D eigenvalue weighted by Gasteiger charge is -2.05. The van der Waals surface area contributed by atoms with Crippen molar-refractivity contribution in [3.05, 3.63) is 39.8 Å². The Labute approximate surface area is 111 Å². The lowest BCUT2D eigenvalue weighted by molar-refractivity contribution is -0.115. The molecule has 88 valence electrons. The topological polar surface area (TPSA) is 68.0 Å². The molecule has 17 heavy (non-hydrogen) atoms. The molecule has 0 aliphatic carbocycles. The number of nitrogens with one attached hydrogen (secondary N) is 1. The molecule has 2 aromatic rings. The monoisotopic (exact) mass is 311 g/mol. The smallest absolute Gasteiger partial charge is 0.230 e. The van der Waals surface area contributed by atoms with Gasteiger partial charge in [0.05, 0.1) is 17.8 Å². The van der Waals surface area contributed by atoms with Gasteiger partial charge >= 0.3 is 0 Å². The summed E-state index contributed by atoms with van der Waals surface area (Å²) < 4.78 is 0.853. The lowest BCUT2D eigenvalue weighted by Crippen LogP contribution is -2.14. The van der Waals surface area contributed by atoms with Crippen LogP contribution in [0.3, 0.4) is 0 Å². The van der Waals surface area contributed by atoms with Gasteiger partial charge in [0, 0.05) is 9.85 Å². The number of halogens is 1. The number of thiazole rings is 1. The lowest BCUT2D eigenvalue weighted by atomic mass is 10.3. The van der Waals surface area contributed by atoms with Crippen molar-refractivity contribution in [2.24, 2.45) is 0 Å². The van der Waals surface area contributed by atoms with Crippen LogP contribution < -0.4 is 11.1 Å². The van der Waals surface area contributed by atoms with Gasteiger partial charge in [-0.3, -0.25) is 4.79 Å². The van der Waals surface area contributed by atoms with Gasteiger partial charge in [-0.15, -0.1) is 11.3 Å². The molecule has 1 heterocycles. The quantitative estimate of drug-likeness (QED) is 0.915. The summed E-state index contributed by atoms with van der Waals surface area (Å²) >= 11 is 4.70. The predicted molar refractivity (Wildman–Crippen MR) is 73.0 cm³/mol. The van der Waals surface area contributed by atoms with Crippen molar-refractivity contribution in [2.75, 3.05) is 11.1 Å². The largest absolute Gasteiger partial charge is 0.375 e. The van der Waals surface area contributed by atoms with Crippen molar-refractivity contribution >= 4 is 44.0 Å². The second-order valence-electron chi connectivity index (χ2n) is 3.38. The first-order valence-corrected chi connectivity index (χ1v) is 6.56. The summed E-state index contributed by atoms with van der Waals surface area (Å²) in [6.07, 6.45) is 0.231. The molecule has 0 aliphatic heterocycles. The minimum atomic E-state index is -0.109. The zero-order chi connectivity index (χ0) is 12.3. The third-order valence-corrected chi connectivity index (χ3v) is 3.47. The van der Waals surface area contributed by atoms with Crippen LogP contribution in [0, 0.1) is 0 Å². The molecule has 0 fully saturated rings. The van der Waals surface area contributed by atoms with Crippen molar-refractivity contribution in [2.45, 2.75) is 6.42 Å². The fourth-order valence-electron chi connectivity index (χ4n) is 1.33. The van der Waals surface area contributed by atoms with Crippen LogP contribution in [-0.2, 0) is 11.2 Å². The van der Waals surface area contributed by atoms with Crippen molar-refractivity contribution in [3.63, 3.8) is 0 Å². The minimum absolute atomic E-state index is 0.109. The summed E-state index contributed by atoms with van der Waals surface area (Å²) in [6, 6.07) is 7.45. The number of amides is 1. The van der Waals surface area contributed by atoms with Gasteiger partial charge < -0.3 is 11.1 Å². The van der Waals surface area contributed by atoms with E-state index in [1.54, 1.807) is 5.38 Å². The molecule has 4 nitrogen and oxygen atoms in total. The van der Waals surface area contributed by atoms with E-state index in [1.807, 2.05) is 24.3 Å². The summed E-state index contributed by atoms with van der Waals surface area (Å²) in [5.74, 6) is -0.109. The van der Waals surface area contributed by atoms with Crippen LogP contribution in [0.25, 0.3) is 0 Å². The van der Waals surface area contributed by atoms with Gasteiger partial charge in [0.25, 0.3) is 0 Å². The summed E-state index contributed by atoms with van der Waals surface area (Å²) in [5.41, 5.74) is 6.94. The van der Waals surface area contributed by atoms with Gasteiger partial charge in [0.15, 0.2) is 5.13 Å². The fourth-order valence-corrected chi connectivity index (χ4v) is 2.27. The zero-order valence-electron chi connectivity index (χ0n) is 8.81. The normalized spacial score (nSPS) is 10.2. The highest BCUT2D eigenvalue weighted by molar-refractivity contribution is 9.10. The van der Waals surface area contributed by atoms with E-state index in [1.165, 1.54) is 11.3 Å². The van der Waals surface area contributed by atoms with E-state index >= 15 is 0 Å². The van der Waals surface area contributed by atoms with E-state index in [0.717, 1.165) is 10.2 Å². The molecule has 1 aromatic heterocycles. The van der Waals surface area contributed by atoms with E-state index in [4.69, 9.17) is 5.73 Å². The second kappa shape index (κ2) is 5.29. The van der Waals surface area contributed by atoms with Gasteiger partial charge in [0.1, 0.15) is 0 Å². The number of carbonyl (C=O) groups excluding carboxylic acids is 1. The maximum Gasteiger partial charge on any atom is 0.230 e. The van der Waals surface area contributed by atoms with Crippen molar-refractivity contribution in [1.29, 1.82) is 0 Å². The molecule has 0 saturated carbocycles. The minimum Gasteiger partial charge on any atom is -0.375 e. The maximum absolute atomic E-state index is 11.7. The molecule has 0 atom stereocenters. The van der Waals surface area contributed by atoms with Crippen molar-refractivity contribution < 1.29 is 4.79 Å². The molecular weight excluding hydrogens is 302 g/mol. The Morgan fingerprint density at radius 3 is 2.88 bits per heavy atom. The number of nitrogen functional groups attached to an aromatic ring is 1. The third-order valence-electron chi connectivity index (χ3n) is 2.06. The van der Waals surface area contributed by atoms with E-state index in [-0.39, 0.29) is 12.3 Å². The summed E-state index contributed by atoms with van der Waals surface area (Å²) in [7, 11) is 0. The number of hydrogen-bond donors (Lipinski definition) is 2. The number of para-hydroxylation sites is 1. The van der Waals surface area contributed by atoms with E-state index in [9.17, 15) is 4.79 Å². The number of benzene rings is 1. The summed E-state index contributed by atoms with van der Waals surface area (Å²) in [4.78, 5) is 15.8. The van der Waals surface area contributed by atoms with Crippen LogP contribution in [0.4, 0.5) is 10.8 Å². The molecule has 1 amide bonds. The van der Waals surface area contributed by atoms with E-state index in [2.05, 4.69) is 26.2 Å². The van der Waals surface area contributed by atoms with E-state index in [0.29, 0.717) is 10.8 Å². The molecule has 0 saturated heterocycles. The van der Waals surface area contributed by atoms with Crippen LogP contribution in [0.1, 0.15) is 5.69 Å². The van der Waals surface area contributed by atoms with Gasteiger partial charge in [-0.05, 0) is 28.1 Å². The maximum atomic E-state index is 11.7. The first-order chi connectivity index (χ1) is 8.15. The number of nitrogens with zero attached hydrogens (tertiary/aromatic N) is 1. The van der Waals surface area contributed by atoms with Crippen molar-refractivity contribution in [3.8, 4) is 0 Å². The van der Waals surface area contributed by atoms with Crippen LogP contribution in [0.2, 0.25) is 0 Å². The van der Waals surface area contributed by atoms with Gasteiger partial charge in [0.2, 0.25) is 5.91 Å². The average molecular weight is 312 g/mol. The molecule has 0 radical (unpaired) electrons. The highest BCUT2D eigenvalue weighted by atomic mass is 79.9. The number of rotatable bonds is 3. The second-order valence-corrected chi connectivity index (χ2v) is 5.13. The predicted octanol–water partition coefficient (Wildman–Crippen LogP) is 2.67. The third kappa shape index (κ3) is 3.28. The molecule has 0 bridgehead atoms. The Morgan fingerprint density at radius 2 is 2.24 bits per heavy atom. The molecule has 1 aromatic carbocycles. The zero-order valence-corrected chi connectivity index (χ0v) is 11.2. The molecular formula is C11H10BrN3OS. The fraction of sp³-hybridized carbons (Fsp3) is 0.0909. The molecule has 6 heteroatoms. The molecule has 3 N–H and O–H groups in total. The number of carbonyl (C=O) groups is 1.